The summed E-state index contributed by atoms with van der Waals surface area (Å²) in [7, 11) is 0. The van der Waals surface area contributed by atoms with Gasteiger partial charge in [-0.05, 0) is 6.42 Å². The molecule has 8 heteroatoms. The van der Waals surface area contributed by atoms with Gasteiger partial charge in [0.1, 0.15) is 0 Å². The molecule has 0 aromatic carbocycles. The molecule has 1 amide bonds. The van der Waals surface area contributed by atoms with Gasteiger partial charge in [-0.25, -0.2) is 0 Å². The zero-order valence-electron chi connectivity index (χ0n) is 7.82. The average molecular weight is 247 g/mol. The Hall–Kier alpha value is -1.21. The third kappa shape index (κ3) is 2.89. The van der Waals surface area contributed by atoms with Gasteiger partial charge < -0.3 is 4.90 Å². The van der Waals surface area contributed by atoms with E-state index in [2.05, 4.69) is 0 Å². The fourth-order valence-electron chi connectivity index (χ4n) is 1.29. The van der Waals surface area contributed by atoms with Gasteiger partial charge in [-0.15, -0.1) is 0 Å². The fourth-order valence-corrected chi connectivity index (χ4v) is 1.29. The van der Waals surface area contributed by atoms with Crippen molar-refractivity contribution >= 4 is 5.91 Å². The van der Waals surface area contributed by atoms with Crippen LogP contribution in [0.3, 0.4) is 0 Å². The summed E-state index contributed by atoms with van der Waals surface area (Å²) in [5, 5.41) is 0. The average Bonchev–Trinajstić information content (AvgIpc) is 2.14. The molecular formula is C8H7F6NO. The third-order valence-electron chi connectivity index (χ3n) is 2.10. The van der Waals surface area contributed by atoms with Crippen LogP contribution in [0, 0.1) is 0 Å². The summed E-state index contributed by atoms with van der Waals surface area (Å²) < 4.78 is 72.1. The molecule has 0 fully saturated rings. The predicted molar refractivity (Wildman–Crippen MR) is 41.4 cm³/mol. The van der Waals surface area contributed by atoms with Crippen LogP contribution >= 0.6 is 0 Å². The summed E-state index contributed by atoms with van der Waals surface area (Å²) in [6.07, 6.45) is -9.57. The molecule has 0 bridgehead atoms. The summed E-state index contributed by atoms with van der Waals surface area (Å²) in [6, 6.07) is 0. The molecule has 16 heavy (non-hydrogen) atoms. The van der Waals surface area contributed by atoms with Crippen LogP contribution in [-0.4, -0.2) is 36.2 Å². The Bertz CT molecular complexity index is 315. The van der Waals surface area contributed by atoms with E-state index in [1.807, 2.05) is 0 Å². The Labute approximate surface area is 86.5 Å². The molecule has 1 heterocycles. The second kappa shape index (κ2) is 3.99. The van der Waals surface area contributed by atoms with Gasteiger partial charge in [0.15, 0.2) is 0 Å². The quantitative estimate of drug-likeness (QED) is 0.475. The number of amides is 1. The molecule has 1 rings (SSSR count). The molecule has 1 aliphatic rings. The van der Waals surface area contributed by atoms with Gasteiger partial charge in [0.05, 0.1) is 0 Å². The molecule has 0 N–H and O–H groups in total. The van der Waals surface area contributed by atoms with Gasteiger partial charge in [-0.2, -0.15) is 26.3 Å². The summed E-state index contributed by atoms with van der Waals surface area (Å²) in [5.41, 5.74) is -0.890. The zero-order chi connectivity index (χ0) is 12.6. The van der Waals surface area contributed by atoms with Crippen molar-refractivity contribution in [2.24, 2.45) is 0 Å². The van der Waals surface area contributed by atoms with Crippen molar-refractivity contribution in [3.05, 3.63) is 11.6 Å². The molecule has 0 aliphatic carbocycles. The van der Waals surface area contributed by atoms with Crippen molar-refractivity contribution < 1.29 is 31.1 Å². The van der Waals surface area contributed by atoms with Gasteiger partial charge >= 0.3 is 18.3 Å². The fraction of sp³-hybridized carbons (Fsp3) is 0.625. The molecule has 92 valence electrons. The van der Waals surface area contributed by atoms with E-state index in [9.17, 15) is 31.1 Å². The zero-order valence-corrected chi connectivity index (χ0v) is 7.82. The number of halogens is 6. The monoisotopic (exact) mass is 247 g/mol. The van der Waals surface area contributed by atoms with Crippen molar-refractivity contribution in [3.63, 3.8) is 0 Å². The van der Waals surface area contributed by atoms with E-state index in [-0.39, 0.29) is 0 Å². The van der Waals surface area contributed by atoms with Gasteiger partial charge in [-0.1, -0.05) is 6.08 Å². The van der Waals surface area contributed by atoms with Crippen LogP contribution in [0.4, 0.5) is 26.3 Å². The SMILES string of the molecule is O=C(N1CC=C(C(F)(F)F)CC1)C(F)(F)F. The number of hydrogen-bond donors (Lipinski definition) is 0. The molecule has 0 atom stereocenters. The number of nitrogens with zero attached hydrogens (tertiary/aromatic N) is 1. The van der Waals surface area contributed by atoms with Crippen LogP contribution < -0.4 is 0 Å². The Morgan fingerprint density at radius 3 is 2.06 bits per heavy atom. The van der Waals surface area contributed by atoms with E-state index in [4.69, 9.17) is 0 Å². The van der Waals surface area contributed by atoms with E-state index in [1.54, 1.807) is 0 Å². The van der Waals surface area contributed by atoms with Crippen molar-refractivity contribution in [1.29, 1.82) is 0 Å². The largest absolute Gasteiger partial charge is 0.471 e. The van der Waals surface area contributed by atoms with Crippen molar-refractivity contribution in [3.8, 4) is 0 Å². The van der Waals surface area contributed by atoms with Gasteiger partial charge in [0.2, 0.25) is 0 Å². The molecule has 1 aliphatic heterocycles. The number of carbonyl (C=O) groups excluding carboxylic acids is 1. The second-order valence-electron chi connectivity index (χ2n) is 3.23. The smallest absolute Gasteiger partial charge is 0.331 e. The van der Waals surface area contributed by atoms with E-state index < -0.39 is 43.3 Å². The van der Waals surface area contributed by atoms with Crippen molar-refractivity contribution in [1.82, 2.24) is 4.90 Å². The van der Waals surface area contributed by atoms with Gasteiger partial charge in [-0.3, -0.25) is 4.79 Å². The number of carbonyl (C=O) groups is 1. The van der Waals surface area contributed by atoms with E-state index in [0.29, 0.717) is 11.0 Å². The summed E-state index contributed by atoms with van der Waals surface area (Å²) in [5.74, 6) is -2.11. The standard InChI is InChI=1S/C8H7F6NO/c9-7(10,11)5-1-3-15(4-2-5)6(16)8(12,13)14/h1H,2-4H2. The Morgan fingerprint density at radius 1 is 1.19 bits per heavy atom. The lowest BCUT2D eigenvalue weighted by Gasteiger charge is -2.27. The minimum absolute atomic E-state index is 0.343. The highest BCUT2D eigenvalue weighted by Gasteiger charge is 2.44. The highest BCUT2D eigenvalue weighted by atomic mass is 19.4. The maximum absolute atomic E-state index is 12.1. The second-order valence-corrected chi connectivity index (χ2v) is 3.23. The highest BCUT2D eigenvalue weighted by molar-refractivity contribution is 5.82. The lowest BCUT2D eigenvalue weighted by atomic mass is 10.1. The minimum Gasteiger partial charge on any atom is -0.331 e. The first kappa shape index (κ1) is 12.9. The molecule has 0 aromatic heterocycles. The van der Waals surface area contributed by atoms with E-state index >= 15 is 0 Å². The molecule has 0 unspecified atom stereocenters. The molecule has 0 aromatic rings. The number of hydrogen-bond acceptors (Lipinski definition) is 1. The van der Waals surface area contributed by atoms with E-state index in [1.165, 1.54) is 0 Å². The van der Waals surface area contributed by atoms with Crippen LogP contribution in [0.2, 0.25) is 0 Å². The maximum atomic E-state index is 12.1. The van der Waals surface area contributed by atoms with Crippen LogP contribution in [0.15, 0.2) is 11.6 Å². The number of alkyl halides is 6. The summed E-state index contributed by atoms with van der Waals surface area (Å²) in [4.78, 5) is 11.0. The third-order valence-corrected chi connectivity index (χ3v) is 2.10. The molecule has 0 spiro atoms. The molecule has 0 saturated carbocycles. The minimum atomic E-state index is -5.04. The van der Waals surface area contributed by atoms with Crippen LogP contribution in [0.1, 0.15) is 6.42 Å². The Balaban J connectivity index is 2.69. The van der Waals surface area contributed by atoms with E-state index in [0.717, 1.165) is 0 Å². The first-order valence-electron chi connectivity index (χ1n) is 4.24. The highest BCUT2D eigenvalue weighted by Crippen LogP contribution is 2.31. The normalized spacial score (nSPS) is 18.4. The molecule has 0 saturated heterocycles. The van der Waals surface area contributed by atoms with Crippen LogP contribution in [-0.2, 0) is 4.79 Å². The van der Waals surface area contributed by atoms with Crippen LogP contribution in [0.5, 0.6) is 0 Å². The number of rotatable bonds is 0. The van der Waals surface area contributed by atoms with Gasteiger partial charge in [0, 0.05) is 18.7 Å². The molecular weight excluding hydrogens is 240 g/mol. The molecule has 2 nitrogen and oxygen atoms in total. The molecule has 0 radical (unpaired) electrons. The summed E-state index contributed by atoms with van der Waals surface area (Å²) in [6.45, 7) is -1.23. The maximum Gasteiger partial charge on any atom is 0.471 e. The Morgan fingerprint density at radius 2 is 1.75 bits per heavy atom. The van der Waals surface area contributed by atoms with Crippen molar-refractivity contribution in [2.75, 3.05) is 13.1 Å². The predicted octanol–water partition coefficient (Wildman–Crippen LogP) is 2.27. The lowest BCUT2D eigenvalue weighted by Crippen LogP contribution is -2.44. The Kier molecular flexibility index (Phi) is 3.20. The topological polar surface area (TPSA) is 20.3 Å². The first-order chi connectivity index (χ1) is 7.12. The first-order valence-corrected chi connectivity index (χ1v) is 4.24. The van der Waals surface area contributed by atoms with Crippen molar-refractivity contribution in [2.45, 2.75) is 18.8 Å². The lowest BCUT2D eigenvalue weighted by molar-refractivity contribution is -0.185. The van der Waals surface area contributed by atoms with Crippen LogP contribution in [0.25, 0.3) is 0 Å². The van der Waals surface area contributed by atoms with Gasteiger partial charge in [0.25, 0.3) is 0 Å². The summed E-state index contributed by atoms with van der Waals surface area (Å²) >= 11 is 0.